The summed E-state index contributed by atoms with van der Waals surface area (Å²) in [5, 5.41) is 13.8. The number of rotatable bonds is 7. The fourth-order valence-electron chi connectivity index (χ4n) is 3.53. The van der Waals surface area contributed by atoms with Crippen LogP contribution < -0.4 is 14.8 Å². The van der Waals surface area contributed by atoms with Crippen molar-refractivity contribution in [1.29, 1.82) is 0 Å². The molecule has 2 aliphatic heterocycles. The number of hydrogen-bond acceptors (Lipinski definition) is 6. The molecule has 1 aromatic carbocycles. The van der Waals surface area contributed by atoms with Gasteiger partial charge in [0.15, 0.2) is 11.5 Å². The topological polar surface area (TPSA) is 80.3 Å². The number of benzene rings is 1. The number of carbonyl (C=O) groups is 1. The third-order valence-corrected chi connectivity index (χ3v) is 5.22. The van der Waals surface area contributed by atoms with Crippen molar-refractivity contribution in [3.05, 3.63) is 22.7 Å². The number of halogens is 1. The van der Waals surface area contributed by atoms with Gasteiger partial charge in [0.2, 0.25) is 0 Å². The molecular weight excluding hydrogens is 372 g/mol. The number of amides is 1. The summed E-state index contributed by atoms with van der Waals surface area (Å²) in [7, 11) is 1.69. The third kappa shape index (κ3) is 5.25. The van der Waals surface area contributed by atoms with Gasteiger partial charge in [-0.1, -0.05) is 11.6 Å². The Morgan fingerprint density at radius 1 is 1.41 bits per heavy atom. The first kappa shape index (κ1) is 20.2. The van der Waals surface area contributed by atoms with E-state index in [1.165, 1.54) is 0 Å². The fraction of sp³-hybridized carbons (Fsp3) is 0.632. The van der Waals surface area contributed by atoms with Crippen LogP contribution in [0.5, 0.6) is 11.5 Å². The van der Waals surface area contributed by atoms with Gasteiger partial charge >= 0.3 is 0 Å². The van der Waals surface area contributed by atoms with Crippen molar-refractivity contribution in [3.63, 3.8) is 0 Å². The molecule has 0 spiro atoms. The van der Waals surface area contributed by atoms with Crippen LogP contribution in [0.2, 0.25) is 5.02 Å². The smallest absolute Gasteiger partial charge is 0.255 e. The second kappa shape index (κ2) is 9.59. The number of ether oxygens (including phenoxy) is 3. The first-order chi connectivity index (χ1) is 13.1. The fourth-order valence-corrected chi connectivity index (χ4v) is 3.74. The maximum Gasteiger partial charge on any atom is 0.255 e. The Morgan fingerprint density at radius 2 is 2.22 bits per heavy atom. The van der Waals surface area contributed by atoms with Crippen LogP contribution in [0.3, 0.4) is 0 Å². The predicted molar refractivity (Wildman–Crippen MR) is 102 cm³/mol. The summed E-state index contributed by atoms with van der Waals surface area (Å²) in [5.74, 6) is 0.675. The molecular formula is C19H27ClN2O5. The Kier molecular flexibility index (Phi) is 7.18. The van der Waals surface area contributed by atoms with Crippen molar-refractivity contribution >= 4 is 17.5 Å². The summed E-state index contributed by atoms with van der Waals surface area (Å²) >= 11 is 6.10. The summed E-state index contributed by atoms with van der Waals surface area (Å²) in [5.41, 5.74) is 0.365. The van der Waals surface area contributed by atoms with E-state index in [2.05, 4.69) is 10.2 Å². The SMILES string of the molecule is COCCCN1CC[C@@H](CNC(=O)c2cc(Cl)cc3c2OCCO3)[C@H](O)C1. The van der Waals surface area contributed by atoms with Crippen LogP contribution in [0.1, 0.15) is 23.2 Å². The highest BCUT2D eigenvalue weighted by molar-refractivity contribution is 6.31. The summed E-state index contributed by atoms with van der Waals surface area (Å²) in [6.07, 6.45) is 1.32. The lowest BCUT2D eigenvalue weighted by Crippen LogP contribution is -2.48. The molecule has 2 aliphatic rings. The average Bonchev–Trinajstić information content (AvgIpc) is 2.66. The number of nitrogens with one attached hydrogen (secondary N) is 1. The zero-order chi connectivity index (χ0) is 19.2. The number of carbonyl (C=O) groups excluding carboxylic acids is 1. The number of fused-ring (bicyclic) bond motifs is 1. The van der Waals surface area contributed by atoms with Crippen molar-refractivity contribution in [1.82, 2.24) is 10.2 Å². The van der Waals surface area contributed by atoms with Gasteiger partial charge < -0.3 is 29.5 Å². The van der Waals surface area contributed by atoms with Crippen LogP contribution in [0.25, 0.3) is 0 Å². The monoisotopic (exact) mass is 398 g/mol. The molecule has 27 heavy (non-hydrogen) atoms. The minimum Gasteiger partial charge on any atom is -0.486 e. The third-order valence-electron chi connectivity index (χ3n) is 5.00. The van der Waals surface area contributed by atoms with E-state index in [1.807, 2.05) is 0 Å². The molecule has 0 unspecified atom stereocenters. The van der Waals surface area contributed by atoms with Gasteiger partial charge in [-0.05, 0) is 25.5 Å². The number of methoxy groups -OCH3 is 1. The van der Waals surface area contributed by atoms with Gasteiger partial charge in [0.1, 0.15) is 13.2 Å². The predicted octanol–water partition coefficient (Wildman–Crippen LogP) is 1.56. The van der Waals surface area contributed by atoms with E-state index in [0.717, 1.165) is 32.5 Å². The Balaban J connectivity index is 1.53. The lowest BCUT2D eigenvalue weighted by molar-refractivity contribution is 0.0192. The van der Waals surface area contributed by atoms with E-state index in [4.69, 9.17) is 25.8 Å². The summed E-state index contributed by atoms with van der Waals surface area (Å²) in [6.45, 7) is 4.41. The van der Waals surface area contributed by atoms with E-state index >= 15 is 0 Å². The molecule has 150 valence electrons. The molecule has 7 nitrogen and oxygen atoms in total. The van der Waals surface area contributed by atoms with Crippen molar-refractivity contribution < 1.29 is 24.1 Å². The molecule has 1 fully saturated rings. The minimum absolute atomic E-state index is 0.0276. The summed E-state index contributed by atoms with van der Waals surface area (Å²) in [4.78, 5) is 14.9. The quantitative estimate of drug-likeness (QED) is 0.678. The van der Waals surface area contributed by atoms with Crippen LogP contribution in [0.4, 0.5) is 0 Å². The first-order valence-corrected chi connectivity index (χ1v) is 9.73. The number of aliphatic hydroxyl groups is 1. The molecule has 1 aromatic rings. The number of aliphatic hydroxyl groups excluding tert-OH is 1. The maximum absolute atomic E-state index is 12.6. The normalized spacial score (nSPS) is 22.5. The Hall–Kier alpha value is -1.54. The van der Waals surface area contributed by atoms with Crippen LogP contribution in [-0.4, -0.2) is 75.1 Å². The van der Waals surface area contributed by atoms with E-state index in [9.17, 15) is 9.90 Å². The van der Waals surface area contributed by atoms with E-state index in [0.29, 0.717) is 48.4 Å². The van der Waals surface area contributed by atoms with E-state index < -0.39 is 6.10 Å². The molecule has 0 radical (unpaired) electrons. The number of hydrogen-bond donors (Lipinski definition) is 2. The molecule has 8 heteroatoms. The lowest BCUT2D eigenvalue weighted by atomic mass is 9.93. The Labute approximate surface area is 164 Å². The Bertz CT molecular complexity index is 657. The standard InChI is InChI=1S/C19H27ClN2O5/c1-25-6-2-4-22-5-3-13(16(23)12-22)11-21-19(24)15-9-14(20)10-17-18(15)27-8-7-26-17/h9-10,13,16,23H,2-8,11-12H2,1H3,(H,21,24)/t13-,16+/m0/s1. The second-order valence-corrected chi connectivity index (χ2v) is 7.39. The zero-order valence-corrected chi connectivity index (χ0v) is 16.3. The van der Waals surface area contributed by atoms with Crippen molar-refractivity contribution in [2.75, 3.05) is 53.1 Å². The largest absolute Gasteiger partial charge is 0.486 e. The van der Waals surface area contributed by atoms with Crippen molar-refractivity contribution in [2.24, 2.45) is 5.92 Å². The molecule has 2 heterocycles. The maximum atomic E-state index is 12.6. The highest BCUT2D eigenvalue weighted by Crippen LogP contribution is 2.36. The van der Waals surface area contributed by atoms with Crippen molar-refractivity contribution in [2.45, 2.75) is 18.9 Å². The van der Waals surface area contributed by atoms with Gasteiger partial charge in [-0.25, -0.2) is 0 Å². The zero-order valence-electron chi connectivity index (χ0n) is 15.6. The van der Waals surface area contributed by atoms with Crippen LogP contribution in [0, 0.1) is 5.92 Å². The molecule has 1 saturated heterocycles. The number of piperidine rings is 1. The molecule has 0 saturated carbocycles. The highest BCUT2D eigenvalue weighted by atomic mass is 35.5. The van der Waals surface area contributed by atoms with E-state index in [-0.39, 0.29) is 11.8 Å². The van der Waals surface area contributed by atoms with Gasteiger partial charge in [-0.2, -0.15) is 0 Å². The van der Waals surface area contributed by atoms with Gasteiger partial charge in [-0.3, -0.25) is 4.79 Å². The lowest BCUT2D eigenvalue weighted by Gasteiger charge is -2.36. The van der Waals surface area contributed by atoms with Crippen LogP contribution >= 0.6 is 11.6 Å². The molecule has 2 atom stereocenters. The van der Waals surface area contributed by atoms with Gasteiger partial charge in [0, 0.05) is 50.4 Å². The molecule has 0 bridgehead atoms. The molecule has 3 rings (SSSR count). The summed E-state index contributed by atoms with van der Waals surface area (Å²) < 4.78 is 16.2. The van der Waals surface area contributed by atoms with E-state index in [1.54, 1.807) is 19.2 Å². The number of likely N-dealkylation sites (tertiary alicyclic amines) is 1. The Morgan fingerprint density at radius 3 is 3.00 bits per heavy atom. The molecule has 2 N–H and O–H groups in total. The van der Waals surface area contributed by atoms with Gasteiger partial charge in [-0.15, -0.1) is 0 Å². The van der Waals surface area contributed by atoms with Crippen LogP contribution in [0.15, 0.2) is 12.1 Å². The highest BCUT2D eigenvalue weighted by Gasteiger charge is 2.28. The molecule has 1 amide bonds. The minimum atomic E-state index is -0.463. The number of β-amino-alcohol motifs (C(OH)–C–C–N with tert-alkyl or cyclic N) is 1. The second-order valence-electron chi connectivity index (χ2n) is 6.95. The molecule has 0 aromatic heterocycles. The van der Waals surface area contributed by atoms with Crippen molar-refractivity contribution in [3.8, 4) is 11.5 Å². The average molecular weight is 399 g/mol. The van der Waals surface area contributed by atoms with Crippen LogP contribution in [-0.2, 0) is 4.74 Å². The molecule has 0 aliphatic carbocycles. The number of nitrogens with zero attached hydrogens (tertiary/aromatic N) is 1. The first-order valence-electron chi connectivity index (χ1n) is 9.35. The van der Waals surface area contributed by atoms with Gasteiger partial charge in [0.05, 0.1) is 11.7 Å². The summed E-state index contributed by atoms with van der Waals surface area (Å²) in [6, 6.07) is 3.23. The van der Waals surface area contributed by atoms with Gasteiger partial charge in [0.25, 0.3) is 5.91 Å².